The second-order valence-corrected chi connectivity index (χ2v) is 5.87. The monoisotopic (exact) mass is 279 g/mol. The van der Waals surface area contributed by atoms with E-state index in [0.717, 1.165) is 18.7 Å². The van der Waals surface area contributed by atoms with Crippen molar-refractivity contribution in [3.8, 4) is 0 Å². The maximum atomic E-state index is 11.9. The van der Waals surface area contributed by atoms with Crippen molar-refractivity contribution in [2.75, 3.05) is 18.5 Å². The Bertz CT molecular complexity index is 466. The first kappa shape index (κ1) is 15.0. The molecule has 1 saturated carbocycles. The molecule has 1 aliphatic carbocycles. The predicted molar refractivity (Wildman–Crippen MR) is 80.0 cm³/mol. The summed E-state index contributed by atoms with van der Waals surface area (Å²) >= 11 is 0. The van der Waals surface area contributed by atoms with Crippen LogP contribution in [0, 0.1) is 5.92 Å². The third kappa shape index (κ3) is 4.63. The van der Waals surface area contributed by atoms with Crippen molar-refractivity contribution < 1.29 is 4.74 Å². The molecule has 0 atom stereocenters. The minimum Gasteiger partial charge on any atom is -0.381 e. The Morgan fingerprint density at radius 3 is 2.85 bits per heavy atom. The van der Waals surface area contributed by atoms with Gasteiger partial charge in [0, 0.05) is 18.7 Å². The molecule has 0 aromatic carbocycles. The molecule has 1 aromatic heterocycles. The number of ether oxygens (including phenoxy) is 1. The van der Waals surface area contributed by atoms with Crippen molar-refractivity contribution in [3.63, 3.8) is 0 Å². The van der Waals surface area contributed by atoms with E-state index in [4.69, 9.17) is 4.74 Å². The van der Waals surface area contributed by atoms with E-state index in [1.165, 1.54) is 23.9 Å². The van der Waals surface area contributed by atoms with Crippen LogP contribution in [-0.4, -0.2) is 29.0 Å². The minimum absolute atomic E-state index is 0.0678. The standard InChI is InChI=1S/C15H25N3O2/c1-12(2)6-8-20-9-7-18-15(19)10-14(11-16-18)17-13-4-3-5-13/h10-13,17H,3-9H2,1-2H3. The summed E-state index contributed by atoms with van der Waals surface area (Å²) in [6.45, 7) is 6.13. The highest BCUT2D eigenvalue weighted by molar-refractivity contribution is 5.40. The highest BCUT2D eigenvalue weighted by Crippen LogP contribution is 2.21. The third-order valence-corrected chi connectivity index (χ3v) is 3.63. The van der Waals surface area contributed by atoms with Gasteiger partial charge in [-0.2, -0.15) is 5.10 Å². The lowest BCUT2D eigenvalue weighted by molar-refractivity contribution is 0.113. The Balaban J connectivity index is 1.75. The largest absolute Gasteiger partial charge is 0.381 e. The van der Waals surface area contributed by atoms with E-state index >= 15 is 0 Å². The molecule has 1 aromatic rings. The Morgan fingerprint density at radius 1 is 1.45 bits per heavy atom. The van der Waals surface area contributed by atoms with Crippen LogP contribution in [0.3, 0.4) is 0 Å². The number of hydrogen-bond acceptors (Lipinski definition) is 4. The number of rotatable bonds is 8. The van der Waals surface area contributed by atoms with Gasteiger partial charge in [-0.05, 0) is 31.6 Å². The third-order valence-electron chi connectivity index (χ3n) is 3.63. The number of nitrogens with one attached hydrogen (secondary N) is 1. The van der Waals surface area contributed by atoms with Crippen molar-refractivity contribution in [2.45, 2.75) is 52.1 Å². The predicted octanol–water partition coefficient (Wildman–Crippen LogP) is 2.27. The Hall–Kier alpha value is -1.36. The smallest absolute Gasteiger partial charge is 0.268 e. The van der Waals surface area contributed by atoms with E-state index in [1.54, 1.807) is 12.3 Å². The van der Waals surface area contributed by atoms with Crippen LogP contribution in [0.1, 0.15) is 39.5 Å². The number of aromatic nitrogens is 2. The van der Waals surface area contributed by atoms with Crippen LogP contribution in [0.4, 0.5) is 5.69 Å². The molecule has 0 radical (unpaired) electrons. The summed E-state index contributed by atoms with van der Waals surface area (Å²) in [5, 5.41) is 7.51. The van der Waals surface area contributed by atoms with Crippen LogP contribution in [0.2, 0.25) is 0 Å². The van der Waals surface area contributed by atoms with Gasteiger partial charge in [0.05, 0.1) is 25.0 Å². The van der Waals surface area contributed by atoms with Crippen LogP contribution in [0.15, 0.2) is 17.1 Å². The summed E-state index contributed by atoms with van der Waals surface area (Å²) in [6, 6.07) is 2.14. The quantitative estimate of drug-likeness (QED) is 0.742. The van der Waals surface area contributed by atoms with Gasteiger partial charge in [-0.25, -0.2) is 4.68 Å². The molecule has 0 unspecified atom stereocenters. The molecule has 5 heteroatoms. The summed E-state index contributed by atoms with van der Waals surface area (Å²) in [5.74, 6) is 0.646. The average Bonchev–Trinajstić information content (AvgIpc) is 2.35. The molecule has 0 spiro atoms. The van der Waals surface area contributed by atoms with E-state index < -0.39 is 0 Å². The van der Waals surface area contributed by atoms with Crippen molar-refractivity contribution in [2.24, 2.45) is 5.92 Å². The summed E-state index contributed by atoms with van der Waals surface area (Å²) in [6.07, 6.45) is 6.43. The lowest BCUT2D eigenvalue weighted by atomic mass is 9.93. The zero-order valence-electron chi connectivity index (χ0n) is 12.5. The molecule has 20 heavy (non-hydrogen) atoms. The second-order valence-electron chi connectivity index (χ2n) is 5.87. The van der Waals surface area contributed by atoms with Gasteiger partial charge in [0.1, 0.15) is 0 Å². The summed E-state index contributed by atoms with van der Waals surface area (Å²) in [7, 11) is 0. The van der Waals surface area contributed by atoms with Gasteiger partial charge in [-0.1, -0.05) is 13.8 Å². The number of hydrogen-bond donors (Lipinski definition) is 1. The molecule has 5 nitrogen and oxygen atoms in total. The fraction of sp³-hybridized carbons (Fsp3) is 0.733. The van der Waals surface area contributed by atoms with Crippen LogP contribution in [0.25, 0.3) is 0 Å². The van der Waals surface area contributed by atoms with Gasteiger partial charge < -0.3 is 10.1 Å². The summed E-state index contributed by atoms with van der Waals surface area (Å²) in [5.41, 5.74) is 0.762. The first-order valence-electron chi connectivity index (χ1n) is 7.56. The molecule has 1 heterocycles. The van der Waals surface area contributed by atoms with E-state index in [0.29, 0.717) is 25.1 Å². The highest BCUT2D eigenvalue weighted by atomic mass is 16.5. The second kappa shape index (κ2) is 7.43. The van der Waals surface area contributed by atoms with Crippen molar-refractivity contribution >= 4 is 5.69 Å². The molecular formula is C15H25N3O2. The van der Waals surface area contributed by atoms with Gasteiger partial charge in [-0.3, -0.25) is 4.79 Å². The first-order chi connectivity index (χ1) is 9.65. The van der Waals surface area contributed by atoms with Gasteiger partial charge >= 0.3 is 0 Å². The Labute approximate surface area is 120 Å². The topological polar surface area (TPSA) is 56.1 Å². The zero-order valence-corrected chi connectivity index (χ0v) is 12.5. The van der Waals surface area contributed by atoms with Gasteiger partial charge in [-0.15, -0.1) is 0 Å². The average molecular weight is 279 g/mol. The van der Waals surface area contributed by atoms with E-state index in [1.807, 2.05) is 0 Å². The molecular weight excluding hydrogens is 254 g/mol. The first-order valence-corrected chi connectivity index (χ1v) is 7.56. The Morgan fingerprint density at radius 2 is 2.25 bits per heavy atom. The van der Waals surface area contributed by atoms with E-state index in [-0.39, 0.29) is 5.56 Å². The lowest BCUT2D eigenvalue weighted by Gasteiger charge is -2.27. The van der Waals surface area contributed by atoms with Crippen LogP contribution in [0.5, 0.6) is 0 Å². The molecule has 0 aliphatic heterocycles. The highest BCUT2D eigenvalue weighted by Gasteiger charge is 2.17. The van der Waals surface area contributed by atoms with Crippen LogP contribution >= 0.6 is 0 Å². The molecule has 1 fully saturated rings. The molecule has 2 rings (SSSR count). The molecule has 112 valence electrons. The van der Waals surface area contributed by atoms with Crippen molar-refractivity contribution in [1.82, 2.24) is 9.78 Å². The van der Waals surface area contributed by atoms with Crippen LogP contribution < -0.4 is 10.9 Å². The maximum Gasteiger partial charge on any atom is 0.268 e. The normalized spacial score (nSPS) is 15.3. The lowest BCUT2D eigenvalue weighted by Crippen LogP contribution is -2.29. The number of anilines is 1. The van der Waals surface area contributed by atoms with Gasteiger partial charge in [0.2, 0.25) is 0 Å². The van der Waals surface area contributed by atoms with E-state index in [9.17, 15) is 4.79 Å². The van der Waals surface area contributed by atoms with Gasteiger partial charge in [0.15, 0.2) is 0 Å². The Kier molecular flexibility index (Phi) is 5.59. The zero-order chi connectivity index (χ0) is 14.4. The van der Waals surface area contributed by atoms with Crippen molar-refractivity contribution in [3.05, 3.63) is 22.6 Å². The summed E-state index contributed by atoms with van der Waals surface area (Å²) < 4.78 is 6.97. The van der Waals surface area contributed by atoms with Crippen molar-refractivity contribution in [1.29, 1.82) is 0 Å². The minimum atomic E-state index is -0.0678. The fourth-order valence-corrected chi connectivity index (χ4v) is 2.04. The molecule has 0 bridgehead atoms. The molecule has 0 saturated heterocycles. The molecule has 0 amide bonds. The molecule has 1 N–H and O–H groups in total. The van der Waals surface area contributed by atoms with Gasteiger partial charge in [0.25, 0.3) is 5.56 Å². The molecule has 1 aliphatic rings. The number of nitrogens with zero attached hydrogens (tertiary/aromatic N) is 2. The SMILES string of the molecule is CC(C)CCOCCn1ncc(NC2CCC2)cc1=O. The maximum absolute atomic E-state index is 11.9. The summed E-state index contributed by atoms with van der Waals surface area (Å²) in [4.78, 5) is 11.9. The van der Waals surface area contributed by atoms with E-state index in [2.05, 4.69) is 24.3 Å². The fourth-order valence-electron chi connectivity index (χ4n) is 2.04. The van der Waals surface area contributed by atoms with Crippen LogP contribution in [-0.2, 0) is 11.3 Å².